The summed E-state index contributed by atoms with van der Waals surface area (Å²) in [6.45, 7) is 4.17. The van der Waals surface area contributed by atoms with E-state index in [0.717, 1.165) is 30.2 Å². The quantitative estimate of drug-likeness (QED) is 0.484. The van der Waals surface area contributed by atoms with E-state index >= 15 is 0 Å². The lowest BCUT2D eigenvalue weighted by Gasteiger charge is -2.16. The molecule has 1 aromatic rings. The van der Waals surface area contributed by atoms with Crippen molar-refractivity contribution in [1.82, 2.24) is 0 Å². The van der Waals surface area contributed by atoms with Crippen molar-refractivity contribution in [3.63, 3.8) is 0 Å². The highest BCUT2D eigenvalue weighted by atomic mass is 28.3. The van der Waals surface area contributed by atoms with Gasteiger partial charge in [0.05, 0.1) is 11.0 Å². The molecule has 0 amide bonds. The van der Waals surface area contributed by atoms with Crippen molar-refractivity contribution >= 4 is 15.1 Å². The third-order valence-electron chi connectivity index (χ3n) is 3.09. The van der Waals surface area contributed by atoms with Crippen LogP contribution in [-0.2, 0) is 10.8 Å². The number of nitro groups is 1. The van der Waals surface area contributed by atoms with Crippen LogP contribution in [0.3, 0.4) is 0 Å². The van der Waals surface area contributed by atoms with Gasteiger partial charge in [-0.1, -0.05) is 0 Å². The van der Waals surface area contributed by atoms with E-state index in [4.69, 9.17) is 4.43 Å². The van der Waals surface area contributed by atoms with Crippen molar-refractivity contribution in [3.05, 3.63) is 51.0 Å². The summed E-state index contributed by atoms with van der Waals surface area (Å²) < 4.78 is 19.8. The van der Waals surface area contributed by atoms with Crippen LogP contribution in [0.4, 0.5) is 4.39 Å². The Balaban J connectivity index is 2.28. The Morgan fingerprint density at radius 2 is 2.26 bits per heavy atom. The van der Waals surface area contributed by atoms with Gasteiger partial charge in [-0.2, -0.15) is 0 Å². The molecule has 0 spiro atoms. The molecule has 0 aromatic heterocycles. The average Bonchev–Trinajstić information content (AvgIpc) is 2.68. The smallest absolute Gasteiger partial charge is 0.235 e. The second-order valence-corrected chi connectivity index (χ2v) is 7.26. The molecule has 0 radical (unpaired) electrons. The van der Waals surface area contributed by atoms with Crippen LogP contribution in [-0.4, -0.2) is 14.0 Å². The first-order chi connectivity index (χ1) is 8.97. The maximum Gasteiger partial charge on any atom is 0.235 e. The first-order valence-corrected chi connectivity index (χ1v) is 9.05. The molecule has 6 heteroatoms. The number of fused-ring (bicyclic) bond motifs is 1. The molecule has 0 N–H and O–H groups in total. The maximum absolute atomic E-state index is 13.9. The number of benzene rings is 1. The van der Waals surface area contributed by atoms with Gasteiger partial charge in [-0.15, -0.1) is 0 Å². The van der Waals surface area contributed by atoms with E-state index in [1.165, 1.54) is 12.1 Å². The molecule has 0 fully saturated rings. The highest BCUT2D eigenvalue weighted by molar-refractivity contribution is 6.48. The molecule has 0 aliphatic heterocycles. The third-order valence-corrected chi connectivity index (χ3v) is 3.97. The van der Waals surface area contributed by atoms with Crippen LogP contribution in [0.15, 0.2) is 18.3 Å². The van der Waals surface area contributed by atoms with E-state index in [9.17, 15) is 14.5 Å². The molecule has 1 aliphatic carbocycles. The summed E-state index contributed by atoms with van der Waals surface area (Å²) in [5.74, 6) is -0.433. The largest absolute Gasteiger partial charge is 0.414 e. The molecule has 1 aliphatic rings. The summed E-state index contributed by atoms with van der Waals surface area (Å²) in [6.07, 6.45) is 3.64. The number of rotatable bonds is 4. The van der Waals surface area contributed by atoms with Crippen LogP contribution in [0.1, 0.15) is 29.2 Å². The van der Waals surface area contributed by atoms with Gasteiger partial charge in [0.25, 0.3) is 0 Å². The predicted molar refractivity (Wildman–Crippen MR) is 73.5 cm³/mol. The van der Waals surface area contributed by atoms with Gasteiger partial charge in [-0.25, -0.2) is 4.39 Å². The van der Waals surface area contributed by atoms with E-state index < -0.39 is 19.8 Å². The van der Waals surface area contributed by atoms with Gasteiger partial charge in [0.2, 0.25) is 6.20 Å². The fourth-order valence-electron chi connectivity index (χ4n) is 2.35. The lowest BCUT2D eigenvalue weighted by molar-refractivity contribution is -0.400. The zero-order valence-corrected chi connectivity index (χ0v) is 12.1. The van der Waals surface area contributed by atoms with Crippen LogP contribution in [0.5, 0.6) is 0 Å². The van der Waals surface area contributed by atoms with Gasteiger partial charge in [-0.3, -0.25) is 10.1 Å². The zero-order valence-electron chi connectivity index (χ0n) is 10.9. The van der Waals surface area contributed by atoms with E-state index in [0.29, 0.717) is 0 Å². The van der Waals surface area contributed by atoms with Crippen molar-refractivity contribution in [3.8, 4) is 0 Å². The van der Waals surface area contributed by atoms with E-state index in [2.05, 4.69) is 13.1 Å². The molecule has 19 heavy (non-hydrogen) atoms. The SMILES string of the molecule is C[SiH](C)OC1CCc2cc(/C=C/[N+](=O)[O-])c(F)cc21. The minimum atomic E-state index is -1.16. The van der Waals surface area contributed by atoms with Crippen molar-refractivity contribution in [1.29, 1.82) is 0 Å². The van der Waals surface area contributed by atoms with E-state index in [-0.39, 0.29) is 11.7 Å². The molecule has 0 heterocycles. The zero-order chi connectivity index (χ0) is 14.0. The van der Waals surface area contributed by atoms with E-state index in [1.807, 2.05) is 0 Å². The van der Waals surface area contributed by atoms with Gasteiger partial charge in [-0.05, 0) is 49.2 Å². The molecular weight excluding hydrogens is 265 g/mol. The highest BCUT2D eigenvalue weighted by Gasteiger charge is 2.25. The van der Waals surface area contributed by atoms with Gasteiger partial charge in [0, 0.05) is 11.6 Å². The summed E-state index contributed by atoms with van der Waals surface area (Å²) in [7, 11) is -1.16. The number of halogens is 1. The Morgan fingerprint density at radius 1 is 1.53 bits per heavy atom. The molecule has 1 unspecified atom stereocenters. The molecule has 0 bridgehead atoms. The van der Waals surface area contributed by atoms with Crippen molar-refractivity contribution in [2.75, 3.05) is 0 Å². The summed E-state index contributed by atoms with van der Waals surface area (Å²) in [5, 5.41) is 10.3. The Morgan fingerprint density at radius 3 is 2.89 bits per heavy atom. The number of nitrogens with zero attached hydrogens (tertiary/aromatic N) is 1. The van der Waals surface area contributed by atoms with E-state index in [1.54, 1.807) is 6.07 Å². The first kappa shape index (κ1) is 13.9. The Kier molecular flexibility index (Phi) is 4.11. The standard InChI is InChI=1S/C13H16FNO3Si/c1-19(2)18-13-4-3-9-7-10(5-6-15(16)17)12(14)8-11(9)13/h5-8,13,19H,3-4H2,1-2H3/b6-5+. The molecule has 1 aromatic carbocycles. The minimum absolute atomic E-state index is 0.00953. The molecule has 0 saturated carbocycles. The van der Waals surface area contributed by atoms with Crippen LogP contribution >= 0.6 is 0 Å². The van der Waals surface area contributed by atoms with Crippen LogP contribution in [0, 0.1) is 15.9 Å². The molecule has 0 saturated heterocycles. The van der Waals surface area contributed by atoms with Crippen LogP contribution < -0.4 is 0 Å². The monoisotopic (exact) mass is 281 g/mol. The summed E-state index contributed by atoms with van der Waals surface area (Å²) >= 11 is 0. The molecule has 1 atom stereocenters. The van der Waals surface area contributed by atoms with Gasteiger partial charge in [0.15, 0.2) is 9.04 Å². The summed E-state index contributed by atoms with van der Waals surface area (Å²) in [5.41, 5.74) is 2.19. The summed E-state index contributed by atoms with van der Waals surface area (Å²) in [4.78, 5) is 9.68. The predicted octanol–water partition coefficient (Wildman–Crippen LogP) is 3.06. The molecule has 4 nitrogen and oxygen atoms in total. The van der Waals surface area contributed by atoms with Crippen molar-refractivity contribution < 1.29 is 13.7 Å². The highest BCUT2D eigenvalue weighted by Crippen LogP contribution is 2.36. The Bertz CT molecular complexity index is 531. The molecule has 102 valence electrons. The van der Waals surface area contributed by atoms with Crippen LogP contribution in [0.2, 0.25) is 13.1 Å². The first-order valence-electron chi connectivity index (χ1n) is 6.27. The Hall–Kier alpha value is -1.53. The second kappa shape index (κ2) is 5.62. The minimum Gasteiger partial charge on any atom is -0.414 e. The fourth-order valence-corrected chi connectivity index (χ4v) is 3.29. The average molecular weight is 281 g/mol. The fraction of sp³-hybridized carbons (Fsp3) is 0.385. The lowest BCUT2D eigenvalue weighted by atomic mass is 10.0. The second-order valence-electron chi connectivity index (χ2n) is 4.89. The number of aryl methyl sites for hydroxylation is 1. The topological polar surface area (TPSA) is 52.4 Å². The summed E-state index contributed by atoms with van der Waals surface area (Å²) in [6, 6.07) is 3.15. The molecule has 2 rings (SSSR count). The normalized spacial score (nSPS) is 18.2. The number of hydrogen-bond donors (Lipinski definition) is 0. The Labute approximate surface area is 112 Å². The number of hydrogen-bond acceptors (Lipinski definition) is 3. The van der Waals surface area contributed by atoms with Crippen molar-refractivity contribution in [2.45, 2.75) is 32.0 Å². The molecular formula is C13H16FNO3Si. The maximum atomic E-state index is 13.9. The lowest BCUT2D eigenvalue weighted by Crippen LogP contribution is -2.12. The third kappa shape index (κ3) is 3.27. The van der Waals surface area contributed by atoms with Gasteiger partial charge in [0.1, 0.15) is 5.82 Å². The van der Waals surface area contributed by atoms with Gasteiger partial charge >= 0.3 is 0 Å². The van der Waals surface area contributed by atoms with Gasteiger partial charge < -0.3 is 4.43 Å². The van der Waals surface area contributed by atoms with Crippen LogP contribution in [0.25, 0.3) is 6.08 Å². The van der Waals surface area contributed by atoms with Crippen molar-refractivity contribution in [2.24, 2.45) is 0 Å².